The van der Waals surface area contributed by atoms with E-state index in [2.05, 4.69) is 45.9 Å². The minimum Gasteiger partial charge on any atom is -0.488 e. The fraction of sp³-hybridized carbons (Fsp3) is 0.235. The van der Waals surface area contributed by atoms with Crippen molar-refractivity contribution in [3.63, 3.8) is 0 Å². The number of pyridine rings is 1. The van der Waals surface area contributed by atoms with E-state index in [4.69, 9.17) is 14.2 Å². The van der Waals surface area contributed by atoms with Gasteiger partial charge in [0.05, 0.1) is 23.6 Å². The highest BCUT2D eigenvalue weighted by Crippen LogP contribution is 2.46. The number of aryl methyl sites for hydroxylation is 1. The van der Waals surface area contributed by atoms with E-state index < -0.39 is 0 Å². The number of carbonyl (C=O) groups excluding carboxylic acids is 1. The zero-order chi connectivity index (χ0) is 27.5. The van der Waals surface area contributed by atoms with Gasteiger partial charge in [0.1, 0.15) is 12.4 Å². The Morgan fingerprint density at radius 3 is 2.48 bits per heavy atom. The number of esters is 1. The molecule has 2 aromatic heterocycles. The Kier molecular flexibility index (Phi) is 7.34. The van der Waals surface area contributed by atoms with E-state index in [-0.39, 0.29) is 11.9 Å². The van der Waals surface area contributed by atoms with Gasteiger partial charge in [0.25, 0.3) is 0 Å². The first-order chi connectivity index (χ1) is 19.6. The van der Waals surface area contributed by atoms with E-state index in [1.54, 1.807) is 0 Å². The van der Waals surface area contributed by atoms with Crippen LogP contribution in [-0.4, -0.2) is 35.8 Å². The summed E-state index contributed by atoms with van der Waals surface area (Å²) in [5, 5.41) is 1.06. The molecule has 0 unspecified atom stereocenters. The molecule has 0 atom stereocenters. The molecule has 0 radical (unpaired) electrons. The number of methoxy groups -OCH3 is 1. The van der Waals surface area contributed by atoms with Gasteiger partial charge in [-0.25, -0.2) is 4.79 Å². The monoisotopic (exact) mass is 532 g/mol. The van der Waals surface area contributed by atoms with Crippen LogP contribution in [0.5, 0.6) is 5.75 Å². The third-order valence-electron chi connectivity index (χ3n) is 7.57. The summed E-state index contributed by atoms with van der Waals surface area (Å²) in [6.45, 7) is 3.93. The Morgan fingerprint density at radius 2 is 1.75 bits per heavy atom. The highest BCUT2D eigenvalue weighted by atomic mass is 16.5. The molecule has 1 aliphatic heterocycles. The van der Waals surface area contributed by atoms with Gasteiger partial charge in [-0.15, -0.1) is 0 Å². The van der Waals surface area contributed by atoms with Gasteiger partial charge in [-0.1, -0.05) is 48.5 Å². The molecule has 1 aliphatic rings. The molecule has 202 valence electrons. The molecule has 3 heterocycles. The van der Waals surface area contributed by atoms with Crippen molar-refractivity contribution in [1.29, 1.82) is 0 Å². The van der Waals surface area contributed by atoms with Crippen LogP contribution >= 0.6 is 0 Å². The molecule has 6 rings (SSSR count). The predicted octanol–water partition coefficient (Wildman–Crippen LogP) is 7.26. The Balaban J connectivity index is 1.62. The first-order valence-electron chi connectivity index (χ1n) is 13.7. The van der Waals surface area contributed by atoms with Crippen molar-refractivity contribution >= 4 is 16.9 Å². The van der Waals surface area contributed by atoms with Gasteiger partial charge in [-0.05, 0) is 67.3 Å². The van der Waals surface area contributed by atoms with Crippen LogP contribution in [0.1, 0.15) is 46.1 Å². The first kappa shape index (κ1) is 25.8. The number of nitrogens with zero attached hydrogens (tertiary/aromatic N) is 2. The Hall–Kier alpha value is -4.42. The van der Waals surface area contributed by atoms with Gasteiger partial charge >= 0.3 is 5.97 Å². The number of rotatable bonds is 7. The minimum atomic E-state index is -0.349. The normalized spacial score (nSPS) is 13.8. The molecule has 0 saturated carbocycles. The highest BCUT2D eigenvalue weighted by Gasteiger charge is 2.29. The zero-order valence-electron chi connectivity index (χ0n) is 22.8. The third kappa shape index (κ3) is 4.98. The second kappa shape index (κ2) is 11.4. The van der Waals surface area contributed by atoms with Gasteiger partial charge in [-0.2, -0.15) is 0 Å². The Bertz CT molecular complexity index is 1630. The average molecular weight is 533 g/mol. The van der Waals surface area contributed by atoms with Crippen molar-refractivity contribution in [2.24, 2.45) is 0 Å². The standard InChI is InChI=1S/C34H32N2O4/c1-23-21-28(15-18-35-23)36-29-9-6-10-30(40-22-24-7-4-3-5-8-24)32(29)31(33(36)26-16-19-39-20-17-26)25-11-13-27(14-12-25)34(37)38-2/h3-15,18,21,26H,16-17,19-20,22H2,1-2H3. The van der Waals surface area contributed by atoms with Crippen molar-refractivity contribution in [2.75, 3.05) is 20.3 Å². The summed E-state index contributed by atoms with van der Waals surface area (Å²) >= 11 is 0. The van der Waals surface area contributed by atoms with Gasteiger partial charge in [-0.3, -0.25) is 4.98 Å². The smallest absolute Gasteiger partial charge is 0.337 e. The van der Waals surface area contributed by atoms with E-state index in [1.807, 2.05) is 61.7 Å². The van der Waals surface area contributed by atoms with E-state index in [0.29, 0.717) is 12.2 Å². The van der Waals surface area contributed by atoms with Crippen LogP contribution in [0.25, 0.3) is 27.7 Å². The molecule has 1 saturated heterocycles. The number of carbonyl (C=O) groups is 1. The van der Waals surface area contributed by atoms with Crippen LogP contribution in [0.2, 0.25) is 0 Å². The van der Waals surface area contributed by atoms with E-state index in [1.165, 1.54) is 12.8 Å². The number of ether oxygens (including phenoxy) is 3. The Labute approximate surface area is 234 Å². The maximum Gasteiger partial charge on any atom is 0.337 e. The summed E-state index contributed by atoms with van der Waals surface area (Å²) in [5.41, 5.74) is 8.10. The fourth-order valence-electron chi connectivity index (χ4n) is 5.67. The summed E-state index contributed by atoms with van der Waals surface area (Å²) < 4.78 is 19.6. The van der Waals surface area contributed by atoms with E-state index in [9.17, 15) is 4.79 Å². The van der Waals surface area contributed by atoms with Crippen molar-refractivity contribution < 1.29 is 19.0 Å². The number of aromatic nitrogens is 2. The molecule has 6 nitrogen and oxygen atoms in total. The summed E-state index contributed by atoms with van der Waals surface area (Å²) in [6.07, 6.45) is 3.71. The summed E-state index contributed by atoms with van der Waals surface area (Å²) in [4.78, 5) is 16.7. The lowest BCUT2D eigenvalue weighted by molar-refractivity contribution is 0.0600. The molecule has 1 fully saturated rings. The van der Waals surface area contributed by atoms with Crippen LogP contribution in [0.3, 0.4) is 0 Å². The predicted molar refractivity (Wildman–Crippen MR) is 156 cm³/mol. The fourth-order valence-corrected chi connectivity index (χ4v) is 5.67. The van der Waals surface area contributed by atoms with Crippen molar-refractivity contribution in [3.8, 4) is 22.6 Å². The van der Waals surface area contributed by atoms with Crippen molar-refractivity contribution in [3.05, 3.63) is 114 Å². The topological polar surface area (TPSA) is 62.6 Å². The lowest BCUT2D eigenvalue weighted by atomic mass is 9.89. The SMILES string of the molecule is COC(=O)c1ccc(-c2c(C3CCOCC3)n(-c3ccnc(C)c3)c3cccc(OCc4ccccc4)c23)cc1. The highest BCUT2D eigenvalue weighted by molar-refractivity contribution is 6.04. The number of hydrogen-bond acceptors (Lipinski definition) is 5. The summed E-state index contributed by atoms with van der Waals surface area (Å²) in [5.74, 6) is 0.760. The molecule has 6 heteroatoms. The third-order valence-corrected chi connectivity index (χ3v) is 7.57. The van der Waals surface area contributed by atoms with Crippen molar-refractivity contribution in [1.82, 2.24) is 9.55 Å². The molecule has 0 spiro atoms. The molecule has 3 aromatic carbocycles. The van der Waals surface area contributed by atoms with Gasteiger partial charge in [0.2, 0.25) is 0 Å². The summed E-state index contributed by atoms with van der Waals surface area (Å²) in [6, 6.07) is 28.4. The molecule has 40 heavy (non-hydrogen) atoms. The van der Waals surface area contributed by atoms with Gasteiger partial charge in [0.15, 0.2) is 0 Å². The van der Waals surface area contributed by atoms with Crippen LogP contribution in [0, 0.1) is 6.92 Å². The first-order valence-corrected chi connectivity index (χ1v) is 13.7. The molecule has 0 aliphatic carbocycles. The Morgan fingerprint density at radius 1 is 0.975 bits per heavy atom. The molecule has 0 bridgehead atoms. The second-order valence-corrected chi connectivity index (χ2v) is 10.1. The van der Waals surface area contributed by atoms with Crippen LogP contribution in [0.15, 0.2) is 91.1 Å². The maximum absolute atomic E-state index is 12.2. The van der Waals surface area contributed by atoms with Crippen molar-refractivity contribution in [2.45, 2.75) is 32.3 Å². The quantitative estimate of drug-likeness (QED) is 0.207. The molecular weight excluding hydrogens is 500 g/mol. The molecule has 0 N–H and O–H groups in total. The van der Waals surface area contributed by atoms with E-state index in [0.717, 1.165) is 70.8 Å². The number of fused-ring (bicyclic) bond motifs is 1. The lowest BCUT2D eigenvalue weighted by Gasteiger charge is -2.26. The zero-order valence-corrected chi connectivity index (χ0v) is 22.8. The maximum atomic E-state index is 12.2. The van der Waals surface area contributed by atoms with E-state index >= 15 is 0 Å². The average Bonchev–Trinajstić information content (AvgIpc) is 3.36. The number of benzene rings is 3. The van der Waals surface area contributed by atoms with Crippen LogP contribution in [-0.2, 0) is 16.1 Å². The number of hydrogen-bond donors (Lipinski definition) is 0. The minimum absolute atomic E-state index is 0.284. The van der Waals surface area contributed by atoms with Gasteiger partial charge < -0.3 is 18.8 Å². The lowest BCUT2D eigenvalue weighted by Crippen LogP contribution is -2.17. The molecular formula is C34H32N2O4. The largest absolute Gasteiger partial charge is 0.488 e. The van der Waals surface area contributed by atoms with Crippen LogP contribution < -0.4 is 4.74 Å². The van der Waals surface area contributed by atoms with Crippen LogP contribution in [0.4, 0.5) is 0 Å². The second-order valence-electron chi connectivity index (χ2n) is 10.1. The molecule has 0 amide bonds. The van der Waals surface area contributed by atoms with Gasteiger partial charge in [0, 0.05) is 48.0 Å². The summed E-state index contributed by atoms with van der Waals surface area (Å²) in [7, 11) is 1.40. The molecule has 5 aromatic rings.